The Morgan fingerprint density at radius 1 is 1.24 bits per heavy atom. The number of nitrogens with two attached hydrogens (primary N) is 1. The van der Waals surface area contributed by atoms with Crippen molar-refractivity contribution in [2.45, 2.75) is 46.1 Å². The van der Waals surface area contributed by atoms with Crippen molar-refractivity contribution in [2.75, 3.05) is 19.7 Å². The van der Waals surface area contributed by atoms with Gasteiger partial charge in [0, 0.05) is 18.5 Å². The maximum atomic E-state index is 10.7. The number of rotatable bonds is 9. The molecule has 0 bridgehead atoms. The number of oxazole rings is 1. The Morgan fingerprint density at radius 3 is 2.55 bits per heavy atom. The summed E-state index contributed by atoms with van der Waals surface area (Å²) >= 11 is 0. The Bertz CT molecular complexity index is 806. The molecule has 1 heterocycles. The molecule has 1 aromatic carbocycles. The Hall–Kier alpha value is -3.03. The molecule has 8 nitrogen and oxygen atoms in total. The molecule has 2 rings (SSSR count). The number of hydrogen-bond donors (Lipinski definition) is 3. The number of nitrogens with zero attached hydrogens (tertiary/aromatic N) is 2. The fraction of sp³-hybridized carbons (Fsp3) is 0.476. The van der Waals surface area contributed by atoms with Crippen molar-refractivity contribution < 1.29 is 13.9 Å². The summed E-state index contributed by atoms with van der Waals surface area (Å²) in [5, 5.41) is 6.53. The quantitative estimate of drug-likeness (QED) is 0.438. The first kappa shape index (κ1) is 22.3. The van der Waals surface area contributed by atoms with E-state index in [0.717, 1.165) is 24.3 Å². The van der Waals surface area contributed by atoms with Crippen molar-refractivity contribution in [3.05, 3.63) is 47.7 Å². The van der Waals surface area contributed by atoms with Crippen LogP contribution in [-0.4, -0.2) is 36.5 Å². The summed E-state index contributed by atoms with van der Waals surface area (Å²) in [6.45, 7) is 10.0. The van der Waals surface area contributed by atoms with Crippen LogP contribution in [0.25, 0.3) is 0 Å². The lowest BCUT2D eigenvalue weighted by atomic mass is 9.94. The summed E-state index contributed by atoms with van der Waals surface area (Å²) in [6.07, 6.45) is 2.58. The molecule has 1 aromatic heterocycles. The number of aliphatic imine (C=N–C) groups is 1. The number of aromatic nitrogens is 1. The van der Waals surface area contributed by atoms with Crippen LogP contribution in [0.4, 0.5) is 0 Å². The Balaban J connectivity index is 1.84. The predicted molar refractivity (Wildman–Crippen MR) is 113 cm³/mol. The minimum absolute atomic E-state index is 0.0713. The van der Waals surface area contributed by atoms with Gasteiger partial charge in [0.1, 0.15) is 18.1 Å². The molecule has 0 fully saturated rings. The molecule has 4 N–H and O–H groups in total. The van der Waals surface area contributed by atoms with Crippen molar-refractivity contribution in [1.82, 2.24) is 15.6 Å². The van der Waals surface area contributed by atoms with Gasteiger partial charge < -0.3 is 25.5 Å². The van der Waals surface area contributed by atoms with E-state index in [2.05, 4.69) is 41.4 Å². The lowest BCUT2D eigenvalue weighted by molar-refractivity contribution is -0.119. The molecule has 0 aliphatic carbocycles. The number of nitrogens with one attached hydrogen (secondary N) is 2. The highest BCUT2D eigenvalue weighted by Gasteiger charge is 2.19. The van der Waals surface area contributed by atoms with Gasteiger partial charge in [0.2, 0.25) is 5.89 Å². The average Bonchev–Trinajstić information content (AvgIpc) is 3.15. The van der Waals surface area contributed by atoms with E-state index in [4.69, 9.17) is 14.9 Å². The van der Waals surface area contributed by atoms with Crippen LogP contribution in [0, 0.1) is 0 Å². The molecule has 1 amide bonds. The Labute approximate surface area is 171 Å². The number of carbonyl (C=O) groups excluding carboxylic acids is 1. The molecule has 0 atom stereocenters. The predicted octanol–water partition coefficient (Wildman–Crippen LogP) is 2.13. The molecule has 8 heteroatoms. The molecule has 0 unspecified atom stereocenters. The average molecular weight is 402 g/mol. The standard InChI is InChI=1S/C21H31N5O3/c1-5-23-20(26-13-19-25-12-17(29-19)21(2,3)4)24-11-10-15-6-8-16(9-7-15)28-14-18(22)27/h6-9,12H,5,10-11,13-14H2,1-4H3,(H2,22,27)(H2,23,24,26). The number of amides is 1. The molecule has 29 heavy (non-hydrogen) atoms. The van der Waals surface area contributed by atoms with E-state index in [-0.39, 0.29) is 12.0 Å². The second kappa shape index (κ2) is 10.5. The largest absolute Gasteiger partial charge is 0.484 e. The zero-order chi connectivity index (χ0) is 21.3. The molecule has 0 saturated carbocycles. The van der Waals surface area contributed by atoms with Crippen LogP contribution < -0.4 is 21.1 Å². The zero-order valence-electron chi connectivity index (χ0n) is 17.6. The van der Waals surface area contributed by atoms with Gasteiger partial charge in [-0.25, -0.2) is 9.98 Å². The summed E-state index contributed by atoms with van der Waals surface area (Å²) in [6, 6.07) is 7.58. The third-order valence-corrected chi connectivity index (χ3v) is 4.02. The maximum absolute atomic E-state index is 10.7. The number of guanidine groups is 1. The molecule has 0 aliphatic heterocycles. The minimum Gasteiger partial charge on any atom is -0.484 e. The van der Waals surface area contributed by atoms with Crippen LogP contribution in [-0.2, 0) is 23.2 Å². The fourth-order valence-electron chi connectivity index (χ4n) is 2.45. The molecule has 0 aliphatic rings. The summed E-state index contributed by atoms with van der Waals surface area (Å²) in [5.74, 6) is 2.29. The van der Waals surface area contributed by atoms with Crippen LogP contribution >= 0.6 is 0 Å². The van der Waals surface area contributed by atoms with E-state index in [0.29, 0.717) is 30.7 Å². The first-order valence-electron chi connectivity index (χ1n) is 9.75. The normalized spacial score (nSPS) is 11.9. The van der Waals surface area contributed by atoms with Gasteiger partial charge in [-0.05, 0) is 31.0 Å². The molecule has 2 aromatic rings. The minimum atomic E-state index is -0.493. The van der Waals surface area contributed by atoms with Crippen molar-refractivity contribution in [3.8, 4) is 5.75 Å². The second-order valence-corrected chi connectivity index (χ2v) is 7.64. The monoisotopic (exact) mass is 401 g/mol. The van der Waals surface area contributed by atoms with E-state index in [1.807, 2.05) is 31.2 Å². The molecule has 0 spiro atoms. The zero-order valence-corrected chi connectivity index (χ0v) is 17.6. The van der Waals surface area contributed by atoms with Crippen molar-refractivity contribution in [1.29, 1.82) is 0 Å². The van der Waals surface area contributed by atoms with E-state index >= 15 is 0 Å². The van der Waals surface area contributed by atoms with E-state index in [9.17, 15) is 4.79 Å². The van der Waals surface area contributed by atoms with Crippen molar-refractivity contribution >= 4 is 11.9 Å². The molecular formula is C21H31N5O3. The van der Waals surface area contributed by atoms with Gasteiger partial charge in [-0.2, -0.15) is 0 Å². The highest BCUT2D eigenvalue weighted by molar-refractivity contribution is 5.79. The van der Waals surface area contributed by atoms with Gasteiger partial charge in [-0.1, -0.05) is 32.9 Å². The Kier molecular flexibility index (Phi) is 8.06. The van der Waals surface area contributed by atoms with Crippen molar-refractivity contribution in [3.63, 3.8) is 0 Å². The van der Waals surface area contributed by atoms with Gasteiger partial charge in [-0.15, -0.1) is 0 Å². The number of hydrogen-bond acceptors (Lipinski definition) is 5. The van der Waals surface area contributed by atoms with E-state index in [1.165, 1.54) is 0 Å². The maximum Gasteiger partial charge on any atom is 0.255 e. The first-order chi connectivity index (χ1) is 13.8. The van der Waals surface area contributed by atoms with Gasteiger partial charge in [0.25, 0.3) is 5.91 Å². The van der Waals surface area contributed by atoms with Crippen LogP contribution in [0.15, 0.2) is 39.9 Å². The third-order valence-electron chi connectivity index (χ3n) is 4.02. The van der Waals surface area contributed by atoms with Gasteiger partial charge in [-0.3, -0.25) is 4.79 Å². The molecule has 0 saturated heterocycles. The van der Waals surface area contributed by atoms with Crippen LogP contribution in [0.3, 0.4) is 0 Å². The molecule has 0 radical (unpaired) electrons. The second-order valence-electron chi connectivity index (χ2n) is 7.64. The summed E-state index contributed by atoms with van der Waals surface area (Å²) in [4.78, 5) is 19.6. The van der Waals surface area contributed by atoms with Crippen molar-refractivity contribution in [2.24, 2.45) is 10.7 Å². The van der Waals surface area contributed by atoms with Gasteiger partial charge in [0.15, 0.2) is 12.6 Å². The topological polar surface area (TPSA) is 115 Å². The highest BCUT2D eigenvalue weighted by atomic mass is 16.5. The number of benzene rings is 1. The van der Waals surface area contributed by atoms with Gasteiger partial charge in [0.05, 0.1) is 6.20 Å². The SMILES string of the molecule is CCNC(=NCc1ncc(C(C)(C)C)o1)NCCc1ccc(OCC(N)=O)cc1. The Morgan fingerprint density at radius 2 is 1.97 bits per heavy atom. The van der Waals surface area contributed by atoms with Crippen LogP contribution in [0.5, 0.6) is 5.75 Å². The van der Waals surface area contributed by atoms with E-state index in [1.54, 1.807) is 6.20 Å². The number of primary amides is 1. The number of carbonyl (C=O) groups is 1. The lowest BCUT2D eigenvalue weighted by Crippen LogP contribution is -2.38. The summed E-state index contributed by atoms with van der Waals surface area (Å²) in [7, 11) is 0. The van der Waals surface area contributed by atoms with Crippen LogP contribution in [0.2, 0.25) is 0 Å². The van der Waals surface area contributed by atoms with Crippen LogP contribution in [0.1, 0.15) is 44.9 Å². The summed E-state index contributed by atoms with van der Waals surface area (Å²) < 4.78 is 11.0. The van der Waals surface area contributed by atoms with Gasteiger partial charge >= 0.3 is 0 Å². The molecule has 158 valence electrons. The summed E-state index contributed by atoms with van der Waals surface area (Å²) in [5.41, 5.74) is 6.14. The number of ether oxygens (including phenoxy) is 1. The highest BCUT2D eigenvalue weighted by Crippen LogP contribution is 2.22. The first-order valence-corrected chi connectivity index (χ1v) is 9.75. The lowest BCUT2D eigenvalue weighted by Gasteiger charge is -2.13. The van der Waals surface area contributed by atoms with E-state index < -0.39 is 5.91 Å². The molecular weight excluding hydrogens is 370 g/mol. The smallest absolute Gasteiger partial charge is 0.255 e. The fourth-order valence-corrected chi connectivity index (χ4v) is 2.45. The third kappa shape index (κ3) is 7.85.